The van der Waals surface area contributed by atoms with Crippen LogP contribution in [0.15, 0.2) is 48.0 Å². The maximum absolute atomic E-state index is 2.36. The normalized spacial score (nSPS) is 18.1. The Morgan fingerprint density at radius 3 is 2.41 bits per heavy atom. The van der Waals surface area contributed by atoms with Crippen molar-refractivity contribution >= 4 is 6.08 Å². The van der Waals surface area contributed by atoms with E-state index in [0.717, 1.165) is 5.92 Å². The molecule has 0 atom stereocenters. The van der Waals surface area contributed by atoms with Crippen molar-refractivity contribution in [2.75, 3.05) is 0 Å². The number of rotatable bonds is 2. The second-order valence-electron chi connectivity index (χ2n) is 6.80. The van der Waals surface area contributed by atoms with E-state index in [4.69, 9.17) is 0 Å². The predicted octanol–water partition coefficient (Wildman–Crippen LogP) is 6.37. The number of hydrogen-bond acceptors (Lipinski definition) is 0. The highest BCUT2D eigenvalue weighted by molar-refractivity contribution is 5.83. The third-order valence-electron chi connectivity index (χ3n) is 5.19. The molecule has 1 saturated carbocycles. The minimum atomic E-state index is 0.791. The fourth-order valence-corrected chi connectivity index (χ4v) is 4.01. The molecule has 0 N–H and O–H groups in total. The first-order valence-electron chi connectivity index (χ1n) is 8.58. The molecule has 2 aliphatic carbocycles. The van der Waals surface area contributed by atoms with Crippen molar-refractivity contribution in [2.45, 2.75) is 44.9 Å². The highest BCUT2D eigenvalue weighted by atomic mass is 14.2. The van der Waals surface area contributed by atoms with E-state index in [-0.39, 0.29) is 0 Å². The quantitative estimate of drug-likeness (QED) is 0.602. The van der Waals surface area contributed by atoms with Crippen molar-refractivity contribution in [2.24, 2.45) is 0 Å². The molecule has 0 saturated heterocycles. The van der Waals surface area contributed by atoms with Crippen molar-refractivity contribution in [3.05, 3.63) is 71.1 Å². The summed E-state index contributed by atoms with van der Waals surface area (Å²) in [6.45, 7) is 2.18. The van der Waals surface area contributed by atoms with Crippen LogP contribution in [0.25, 0.3) is 17.2 Å². The minimum absolute atomic E-state index is 0.791. The second-order valence-corrected chi connectivity index (χ2v) is 6.80. The lowest BCUT2D eigenvalue weighted by atomic mass is 9.83. The summed E-state index contributed by atoms with van der Waals surface area (Å²) >= 11 is 0. The van der Waals surface area contributed by atoms with Gasteiger partial charge in [-0.3, -0.25) is 0 Å². The molecule has 0 spiro atoms. The van der Waals surface area contributed by atoms with E-state index >= 15 is 0 Å². The van der Waals surface area contributed by atoms with Crippen LogP contribution < -0.4 is 0 Å². The first kappa shape index (κ1) is 13.8. The summed E-state index contributed by atoms with van der Waals surface area (Å²) in [5.41, 5.74) is 8.32. The zero-order chi connectivity index (χ0) is 14.9. The maximum atomic E-state index is 2.36. The smallest absolute Gasteiger partial charge is 0.0161 e. The lowest BCUT2D eigenvalue weighted by Crippen LogP contribution is -2.04. The molecule has 1 fully saturated rings. The summed E-state index contributed by atoms with van der Waals surface area (Å²) < 4.78 is 0. The molecule has 0 aliphatic heterocycles. The molecular weight excluding hydrogens is 264 g/mol. The van der Waals surface area contributed by atoms with Crippen molar-refractivity contribution in [3.8, 4) is 11.1 Å². The summed E-state index contributed by atoms with van der Waals surface area (Å²) in [5, 5.41) is 0. The van der Waals surface area contributed by atoms with E-state index in [9.17, 15) is 0 Å². The average Bonchev–Trinajstić information content (AvgIpc) is 2.96. The van der Waals surface area contributed by atoms with E-state index in [1.54, 1.807) is 0 Å². The van der Waals surface area contributed by atoms with Crippen LogP contribution in [0.5, 0.6) is 0 Å². The van der Waals surface area contributed by atoms with Gasteiger partial charge in [0.1, 0.15) is 0 Å². The van der Waals surface area contributed by atoms with E-state index in [2.05, 4.69) is 61.9 Å². The summed E-state index contributed by atoms with van der Waals surface area (Å²) in [6, 6.07) is 16.0. The van der Waals surface area contributed by atoms with Gasteiger partial charge in [0.25, 0.3) is 0 Å². The van der Waals surface area contributed by atoms with E-state index in [0.29, 0.717) is 0 Å². The average molecular weight is 287 g/mol. The SMILES string of the molecule is CC1=Cc2c(cccc2-c2ccc(C3CCCCC3)cc2)[CH]1. The van der Waals surface area contributed by atoms with Gasteiger partial charge in [0.15, 0.2) is 0 Å². The summed E-state index contributed by atoms with van der Waals surface area (Å²) in [4.78, 5) is 0. The monoisotopic (exact) mass is 287 g/mol. The van der Waals surface area contributed by atoms with Gasteiger partial charge in [-0.1, -0.05) is 73.4 Å². The zero-order valence-corrected chi connectivity index (χ0v) is 13.3. The molecule has 2 aliphatic rings. The molecule has 111 valence electrons. The second kappa shape index (κ2) is 5.76. The van der Waals surface area contributed by atoms with Crippen LogP contribution in [-0.2, 0) is 0 Å². The Morgan fingerprint density at radius 1 is 0.864 bits per heavy atom. The highest BCUT2D eigenvalue weighted by Crippen LogP contribution is 2.37. The molecule has 0 heterocycles. The Labute approximate surface area is 133 Å². The van der Waals surface area contributed by atoms with Crippen LogP contribution in [0, 0.1) is 6.42 Å². The predicted molar refractivity (Wildman–Crippen MR) is 94.8 cm³/mol. The molecule has 4 rings (SSSR count). The van der Waals surface area contributed by atoms with Gasteiger partial charge in [-0.2, -0.15) is 0 Å². The van der Waals surface area contributed by atoms with Crippen LogP contribution in [0.2, 0.25) is 0 Å². The standard InChI is InChI=1S/C22H23/c1-16-14-20-8-5-9-21(22(20)15-16)19-12-10-18(11-13-19)17-6-3-2-4-7-17/h5,8-15,17H,2-4,6-7H2,1H3. The lowest BCUT2D eigenvalue weighted by molar-refractivity contribution is 0.443. The molecule has 22 heavy (non-hydrogen) atoms. The third-order valence-corrected chi connectivity index (χ3v) is 5.19. The van der Waals surface area contributed by atoms with Crippen LogP contribution in [0.3, 0.4) is 0 Å². The molecule has 0 bridgehead atoms. The zero-order valence-electron chi connectivity index (χ0n) is 13.3. The van der Waals surface area contributed by atoms with Gasteiger partial charge in [-0.15, -0.1) is 0 Å². The summed E-state index contributed by atoms with van der Waals surface area (Å²) in [6.07, 6.45) is 11.5. The molecule has 1 radical (unpaired) electrons. The van der Waals surface area contributed by atoms with E-state index in [1.165, 1.54) is 65.5 Å². The number of hydrogen-bond donors (Lipinski definition) is 0. The Kier molecular flexibility index (Phi) is 3.62. The fraction of sp³-hybridized carbons (Fsp3) is 0.318. The van der Waals surface area contributed by atoms with Gasteiger partial charge in [0.05, 0.1) is 0 Å². The van der Waals surface area contributed by atoms with Crippen molar-refractivity contribution in [1.82, 2.24) is 0 Å². The minimum Gasteiger partial charge on any atom is -0.0642 e. The van der Waals surface area contributed by atoms with Crippen LogP contribution >= 0.6 is 0 Å². The van der Waals surface area contributed by atoms with Gasteiger partial charge in [-0.25, -0.2) is 0 Å². The molecule has 0 heteroatoms. The van der Waals surface area contributed by atoms with Crippen molar-refractivity contribution in [3.63, 3.8) is 0 Å². The molecular formula is C22H23. The molecule has 0 unspecified atom stereocenters. The van der Waals surface area contributed by atoms with Gasteiger partial charge in [0.2, 0.25) is 0 Å². The largest absolute Gasteiger partial charge is 0.0642 e. The van der Waals surface area contributed by atoms with Crippen LogP contribution in [0.1, 0.15) is 61.6 Å². The Balaban J connectivity index is 1.66. The van der Waals surface area contributed by atoms with Gasteiger partial charge < -0.3 is 0 Å². The van der Waals surface area contributed by atoms with Gasteiger partial charge in [0, 0.05) is 6.42 Å². The summed E-state index contributed by atoms with van der Waals surface area (Å²) in [7, 11) is 0. The number of allylic oxidation sites excluding steroid dienone is 1. The first-order chi connectivity index (χ1) is 10.8. The Hall–Kier alpha value is -1.82. The van der Waals surface area contributed by atoms with E-state index in [1.807, 2.05) is 0 Å². The number of fused-ring (bicyclic) bond motifs is 1. The van der Waals surface area contributed by atoms with Gasteiger partial charge >= 0.3 is 0 Å². The molecule has 2 aromatic rings. The van der Waals surface area contributed by atoms with Crippen molar-refractivity contribution < 1.29 is 0 Å². The fourth-order valence-electron chi connectivity index (χ4n) is 4.01. The highest BCUT2D eigenvalue weighted by Gasteiger charge is 2.17. The maximum Gasteiger partial charge on any atom is 0.0161 e. The first-order valence-corrected chi connectivity index (χ1v) is 8.58. The van der Waals surface area contributed by atoms with Gasteiger partial charge in [-0.05, 0) is 53.5 Å². The molecule has 0 nitrogen and oxygen atoms in total. The lowest BCUT2D eigenvalue weighted by Gasteiger charge is -2.22. The molecule has 2 aromatic carbocycles. The molecule has 0 amide bonds. The number of benzene rings is 2. The van der Waals surface area contributed by atoms with Crippen LogP contribution in [-0.4, -0.2) is 0 Å². The Morgan fingerprint density at radius 2 is 1.64 bits per heavy atom. The Bertz CT molecular complexity index is 697. The topological polar surface area (TPSA) is 0 Å². The molecule has 0 aromatic heterocycles. The third kappa shape index (κ3) is 2.52. The van der Waals surface area contributed by atoms with Crippen LogP contribution in [0.4, 0.5) is 0 Å². The van der Waals surface area contributed by atoms with E-state index < -0.39 is 0 Å². The summed E-state index contributed by atoms with van der Waals surface area (Å²) in [5.74, 6) is 0.791. The van der Waals surface area contributed by atoms with Crippen molar-refractivity contribution in [1.29, 1.82) is 0 Å².